The number of imide groups is 2. The highest BCUT2D eigenvalue weighted by Gasteiger charge is 2.37. The fraction of sp³-hybridized carbons (Fsp3) is 0.0500. The predicted octanol–water partition coefficient (Wildman–Crippen LogP) is 3.97. The Labute approximate surface area is 168 Å². The van der Waals surface area contributed by atoms with Gasteiger partial charge in [-0.05, 0) is 54.6 Å². The molecule has 1 N–H and O–H groups in total. The number of anilines is 1. The molecule has 4 amide bonds. The first kappa shape index (κ1) is 18.8. The Morgan fingerprint density at radius 2 is 1.86 bits per heavy atom. The average Bonchev–Trinajstić information content (AvgIpc) is 3.36. The first-order valence-corrected chi connectivity index (χ1v) is 9.42. The molecule has 9 heteroatoms. The number of benzene rings is 1. The van der Waals surface area contributed by atoms with E-state index in [1.54, 1.807) is 24.5 Å². The lowest BCUT2D eigenvalue weighted by molar-refractivity contribution is -0.122. The maximum absolute atomic E-state index is 13.1. The van der Waals surface area contributed by atoms with Gasteiger partial charge in [0.1, 0.15) is 22.9 Å². The van der Waals surface area contributed by atoms with Crippen molar-refractivity contribution >= 4 is 41.4 Å². The van der Waals surface area contributed by atoms with Crippen LogP contribution in [-0.2, 0) is 15.3 Å². The number of amides is 4. The minimum absolute atomic E-state index is 0.140. The van der Waals surface area contributed by atoms with E-state index in [4.69, 9.17) is 8.83 Å². The lowest BCUT2D eigenvalue weighted by Crippen LogP contribution is -2.54. The van der Waals surface area contributed by atoms with Gasteiger partial charge >= 0.3 is 6.03 Å². The standard InChI is InChI=1S/C20H13FN2O5S/c21-12-3-5-13(6-4-12)23-19(25)16(18(24)22-20(23)26)10-14-7-8-17(28-14)29-11-15-2-1-9-27-15/h1-10H,11H2,(H,22,24,26). The van der Waals surface area contributed by atoms with Gasteiger partial charge in [-0.2, -0.15) is 0 Å². The molecule has 0 unspecified atom stereocenters. The molecule has 29 heavy (non-hydrogen) atoms. The van der Waals surface area contributed by atoms with E-state index in [2.05, 4.69) is 5.32 Å². The van der Waals surface area contributed by atoms with E-state index in [9.17, 15) is 18.8 Å². The lowest BCUT2D eigenvalue weighted by atomic mass is 10.1. The normalized spacial score (nSPS) is 15.8. The number of nitrogens with zero attached hydrogens (tertiary/aromatic N) is 1. The zero-order valence-corrected chi connectivity index (χ0v) is 15.6. The van der Waals surface area contributed by atoms with Crippen LogP contribution in [0, 0.1) is 5.82 Å². The van der Waals surface area contributed by atoms with Crippen LogP contribution in [0.5, 0.6) is 0 Å². The number of carbonyl (C=O) groups excluding carboxylic acids is 3. The van der Waals surface area contributed by atoms with Gasteiger partial charge in [0.2, 0.25) is 0 Å². The number of rotatable bonds is 5. The van der Waals surface area contributed by atoms with Gasteiger partial charge in [-0.3, -0.25) is 14.9 Å². The summed E-state index contributed by atoms with van der Waals surface area (Å²) in [5.41, 5.74) is -0.132. The van der Waals surface area contributed by atoms with Gasteiger partial charge in [0, 0.05) is 0 Å². The van der Waals surface area contributed by atoms with Crippen LogP contribution in [0.25, 0.3) is 6.08 Å². The van der Waals surface area contributed by atoms with Crippen LogP contribution in [0.1, 0.15) is 11.5 Å². The van der Waals surface area contributed by atoms with Crippen LogP contribution in [-0.4, -0.2) is 17.8 Å². The first-order valence-electron chi connectivity index (χ1n) is 8.43. The monoisotopic (exact) mass is 412 g/mol. The SMILES string of the molecule is O=C1NC(=O)N(c2ccc(F)cc2)C(=O)C1=Cc1ccc(SCc2ccco2)o1. The van der Waals surface area contributed by atoms with E-state index in [-0.39, 0.29) is 17.0 Å². The summed E-state index contributed by atoms with van der Waals surface area (Å²) in [6, 6.07) is 10.8. The molecular weight excluding hydrogens is 399 g/mol. The highest BCUT2D eigenvalue weighted by molar-refractivity contribution is 7.98. The summed E-state index contributed by atoms with van der Waals surface area (Å²) in [5, 5.41) is 2.67. The quantitative estimate of drug-likeness (QED) is 0.387. The predicted molar refractivity (Wildman–Crippen MR) is 102 cm³/mol. The summed E-state index contributed by atoms with van der Waals surface area (Å²) < 4.78 is 24.0. The number of thioether (sulfide) groups is 1. The molecule has 3 heterocycles. The second kappa shape index (κ2) is 7.80. The summed E-state index contributed by atoms with van der Waals surface area (Å²) in [6.07, 6.45) is 2.84. The number of hydrogen-bond acceptors (Lipinski definition) is 6. The Morgan fingerprint density at radius 1 is 1.07 bits per heavy atom. The number of nitrogens with one attached hydrogen (secondary N) is 1. The Kier molecular flexibility index (Phi) is 5.05. The molecule has 2 aromatic heterocycles. The van der Waals surface area contributed by atoms with E-state index in [0.29, 0.717) is 10.8 Å². The smallest absolute Gasteiger partial charge is 0.335 e. The molecule has 3 aromatic rings. The minimum atomic E-state index is -0.905. The summed E-state index contributed by atoms with van der Waals surface area (Å²) >= 11 is 1.39. The molecule has 0 aliphatic carbocycles. The van der Waals surface area contributed by atoms with Gasteiger partial charge in [-0.15, -0.1) is 0 Å². The molecule has 1 saturated heterocycles. The van der Waals surface area contributed by atoms with Gasteiger partial charge in [0.05, 0.1) is 17.7 Å². The molecule has 7 nitrogen and oxygen atoms in total. The third-order valence-electron chi connectivity index (χ3n) is 4.01. The molecule has 1 aliphatic rings. The Morgan fingerprint density at radius 3 is 2.59 bits per heavy atom. The molecule has 0 spiro atoms. The maximum atomic E-state index is 13.1. The molecule has 1 fully saturated rings. The highest BCUT2D eigenvalue weighted by atomic mass is 32.2. The summed E-state index contributed by atoms with van der Waals surface area (Å²) in [7, 11) is 0. The average molecular weight is 412 g/mol. The maximum Gasteiger partial charge on any atom is 0.335 e. The van der Waals surface area contributed by atoms with Gasteiger partial charge in [-0.25, -0.2) is 14.1 Å². The molecule has 0 radical (unpaired) electrons. The fourth-order valence-electron chi connectivity index (χ4n) is 2.65. The van der Waals surface area contributed by atoms with Crippen LogP contribution in [0.15, 0.2) is 74.3 Å². The Bertz CT molecular complexity index is 1100. The third kappa shape index (κ3) is 3.99. The van der Waals surface area contributed by atoms with E-state index in [1.165, 1.54) is 30.0 Å². The number of urea groups is 1. The van der Waals surface area contributed by atoms with Crippen molar-refractivity contribution < 1.29 is 27.6 Å². The second-order valence-electron chi connectivity index (χ2n) is 5.96. The molecule has 1 aliphatic heterocycles. The van der Waals surface area contributed by atoms with Crippen molar-refractivity contribution in [2.75, 3.05) is 4.90 Å². The van der Waals surface area contributed by atoms with Crippen molar-refractivity contribution in [3.8, 4) is 0 Å². The van der Waals surface area contributed by atoms with Crippen LogP contribution in [0.4, 0.5) is 14.9 Å². The summed E-state index contributed by atoms with van der Waals surface area (Å²) in [4.78, 5) is 37.8. The highest BCUT2D eigenvalue weighted by Crippen LogP contribution is 2.27. The van der Waals surface area contributed by atoms with Gasteiger partial charge in [0.15, 0.2) is 5.09 Å². The van der Waals surface area contributed by atoms with Crippen LogP contribution >= 0.6 is 11.8 Å². The Hall–Kier alpha value is -3.59. The largest absolute Gasteiger partial charge is 0.468 e. The second-order valence-corrected chi connectivity index (χ2v) is 6.94. The molecule has 0 atom stereocenters. The van der Waals surface area contributed by atoms with Crippen LogP contribution in [0.3, 0.4) is 0 Å². The van der Waals surface area contributed by atoms with Crippen LogP contribution < -0.4 is 10.2 Å². The lowest BCUT2D eigenvalue weighted by Gasteiger charge is -2.26. The number of halogens is 1. The van der Waals surface area contributed by atoms with Gasteiger partial charge < -0.3 is 8.83 Å². The zero-order chi connectivity index (χ0) is 20.4. The summed E-state index contributed by atoms with van der Waals surface area (Å²) in [5.74, 6) is -0.560. The van der Waals surface area contributed by atoms with E-state index in [0.717, 1.165) is 22.8 Å². The summed E-state index contributed by atoms with van der Waals surface area (Å²) in [6.45, 7) is 0. The topological polar surface area (TPSA) is 92.8 Å². The molecule has 1 aromatic carbocycles. The zero-order valence-electron chi connectivity index (χ0n) is 14.8. The van der Waals surface area contributed by atoms with E-state index >= 15 is 0 Å². The van der Waals surface area contributed by atoms with Crippen molar-refractivity contribution in [2.45, 2.75) is 10.8 Å². The molecule has 146 valence electrons. The van der Waals surface area contributed by atoms with Crippen molar-refractivity contribution in [1.82, 2.24) is 5.32 Å². The number of furan rings is 2. The molecule has 4 rings (SSSR count). The van der Waals surface area contributed by atoms with E-state index in [1.807, 2.05) is 6.07 Å². The number of barbiturate groups is 1. The van der Waals surface area contributed by atoms with Gasteiger partial charge in [0.25, 0.3) is 11.8 Å². The van der Waals surface area contributed by atoms with Crippen molar-refractivity contribution in [3.05, 3.63) is 77.7 Å². The van der Waals surface area contributed by atoms with Crippen molar-refractivity contribution in [3.63, 3.8) is 0 Å². The van der Waals surface area contributed by atoms with Crippen molar-refractivity contribution in [1.29, 1.82) is 0 Å². The Balaban J connectivity index is 1.55. The van der Waals surface area contributed by atoms with Gasteiger partial charge in [-0.1, -0.05) is 11.8 Å². The number of carbonyl (C=O) groups is 3. The van der Waals surface area contributed by atoms with E-state index < -0.39 is 23.7 Å². The fourth-order valence-corrected chi connectivity index (χ4v) is 3.42. The molecular formula is C20H13FN2O5S. The third-order valence-corrected chi connectivity index (χ3v) is 4.94. The first-order chi connectivity index (χ1) is 14.0. The van der Waals surface area contributed by atoms with Crippen molar-refractivity contribution in [2.24, 2.45) is 0 Å². The van der Waals surface area contributed by atoms with Crippen LogP contribution in [0.2, 0.25) is 0 Å². The molecule has 0 saturated carbocycles. The number of hydrogen-bond donors (Lipinski definition) is 1. The molecule has 0 bridgehead atoms. The minimum Gasteiger partial charge on any atom is -0.468 e.